The minimum atomic E-state index is -1.10. The van der Waals surface area contributed by atoms with E-state index in [1.54, 1.807) is 19.9 Å². The topological polar surface area (TPSA) is 107 Å². The van der Waals surface area contributed by atoms with Crippen LogP contribution in [0.3, 0.4) is 0 Å². The summed E-state index contributed by atoms with van der Waals surface area (Å²) >= 11 is 0. The molecule has 12 unspecified atom stereocenters. The normalized spacial score (nSPS) is 52.2. The molecular weight excluding hydrogens is 432 g/mol. The minimum Gasteiger partial charge on any atom is -0.393 e. The lowest BCUT2D eigenvalue weighted by Crippen LogP contribution is -2.59. The van der Waals surface area contributed by atoms with E-state index in [1.165, 1.54) is 0 Å². The summed E-state index contributed by atoms with van der Waals surface area (Å²) in [5.41, 5.74) is -1.88. The third kappa shape index (κ3) is 3.14. The second kappa shape index (κ2) is 7.61. The molecular formula is C28H44O6. The van der Waals surface area contributed by atoms with Crippen LogP contribution in [-0.4, -0.2) is 61.8 Å². The van der Waals surface area contributed by atoms with E-state index in [4.69, 9.17) is 4.74 Å². The van der Waals surface area contributed by atoms with Crippen molar-refractivity contribution in [1.82, 2.24) is 0 Å². The fraction of sp³-hybridized carbons (Fsp3) is 0.893. The fourth-order valence-corrected chi connectivity index (χ4v) is 9.05. The highest BCUT2D eigenvalue weighted by atomic mass is 16.5. The molecule has 0 aromatic carbocycles. The molecule has 6 nitrogen and oxygen atoms in total. The first kappa shape index (κ1) is 24.9. The van der Waals surface area contributed by atoms with Crippen LogP contribution in [-0.2, 0) is 9.53 Å². The number of rotatable bonds is 3. The number of ketones is 1. The van der Waals surface area contributed by atoms with Crippen molar-refractivity contribution >= 4 is 5.78 Å². The standard InChI is InChI=1S/C28H44O6/c1-14-22-21(34-24(14)23(31)15(2)25(3,4)32)13-28(33)18-12-20(30)19-11-16(29)7-9-26(19,5)17(18)8-10-27(22,28)6/h12,14-17,19,21-24,29,31-33H,7-11,13H2,1-6H3. The lowest BCUT2D eigenvalue weighted by Gasteiger charge is -2.59. The second-order valence-corrected chi connectivity index (χ2v) is 13.5. The number of fused-ring (bicyclic) bond motifs is 7. The van der Waals surface area contributed by atoms with Crippen LogP contribution in [0.1, 0.15) is 80.1 Å². The summed E-state index contributed by atoms with van der Waals surface area (Å²) in [6.07, 6.45) is 4.21. The molecule has 192 valence electrons. The third-order valence-electron chi connectivity index (χ3n) is 11.5. The minimum absolute atomic E-state index is 0.0217. The Bertz CT molecular complexity index is 892. The molecule has 4 fully saturated rings. The molecule has 0 amide bonds. The van der Waals surface area contributed by atoms with Crippen molar-refractivity contribution in [2.45, 2.75) is 116 Å². The Kier molecular flexibility index (Phi) is 5.57. The van der Waals surface area contributed by atoms with Crippen LogP contribution in [0.25, 0.3) is 0 Å². The number of carbonyl (C=O) groups is 1. The quantitative estimate of drug-likeness (QED) is 0.499. The highest BCUT2D eigenvalue weighted by Crippen LogP contribution is 2.70. The Morgan fingerprint density at radius 1 is 1.18 bits per heavy atom. The van der Waals surface area contributed by atoms with E-state index in [9.17, 15) is 25.2 Å². The predicted octanol–water partition coefficient (Wildman–Crippen LogP) is 3.00. The number of allylic oxidation sites excluding steroid dienone is 1. The smallest absolute Gasteiger partial charge is 0.159 e. The summed E-state index contributed by atoms with van der Waals surface area (Å²) in [6, 6.07) is 0. The molecule has 1 aliphatic heterocycles. The molecule has 0 aromatic rings. The summed E-state index contributed by atoms with van der Waals surface area (Å²) in [5.74, 6) is -0.222. The van der Waals surface area contributed by atoms with E-state index in [2.05, 4.69) is 20.8 Å². The number of aliphatic hydroxyl groups excluding tert-OH is 2. The fourth-order valence-electron chi connectivity index (χ4n) is 9.05. The molecule has 12 atom stereocenters. The zero-order valence-corrected chi connectivity index (χ0v) is 21.6. The molecule has 5 aliphatic rings. The van der Waals surface area contributed by atoms with E-state index >= 15 is 0 Å². The van der Waals surface area contributed by atoms with Crippen LogP contribution >= 0.6 is 0 Å². The van der Waals surface area contributed by atoms with Gasteiger partial charge in [-0.1, -0.05) is 27.7 Å². The Hall–Kier alpha value is -0.790. The van der Waals surface area contributed by atoms with Crippen molar-refractivity contribution in [3.63, 3.8) is 0 Å². The molecule has 5 rings (SSSR count). The maximum absolute atomic E-state index is 13.3. The van der Waals surface area contributed by atoms with Gasteiger partial charge in [-0.25, -0.2) is 0 Å². The number of hydrogen-bond donors (Lipinski definition) is 4. The highest BCUT2D eigenvalue weighted by molar-refractivity contribution is 5.95. The lowest BCUT2D eigenvalue weighted by molar-refractivity contribution is -0.145. The van der Waals surface area contributed by atoms with E-state index in [-0.39, 0.29) is 53.0 Å². The number of carbonyl (C=O) groups excluding carboxylic acids is 1. The maximum Gasteiger partial charge on any atom is 0.159 e. The lowest BCUT2D eigenvalue weighted by atomic mass is 9.46. The van der Waals surface area contributed by atoms with E-state index < -0.39 is 28.8 Å². The van der Waals surface area contributed by atoms with Gasteiger partial charge in [0.25, 0.3) is 0 Å². The second-order valence-electron chi connectivity index (χ2n) is 13.5. The van der Waals surface area contributed by atoms with Crippen molar-refractivity contribution in [1.29, 1.82) is 0 Å². The molecule has 4 N–H and O–H groups in total. The van der Waals surface area contributed by atoms with Gasteiger partial charge >= 0.3 is 0 Å². The van der Waals surface area contributed by atoms with Crippen LogP contribution < -0.4 is 0 Å². The largest absolute Gasteiger partial charge is 0.393 e. The molecule has 3 saturated carbocycles. The van der Waals surface area contributed by atoms with Crippen molar-refractivity contribution in [3.05, 3.63) is 11.6 Å². The van der Waals surface area contributed by atoms with E-state index in [1.807, 2.05) is 6.92 Å². The molecule has 0 aromatic heterocycles. The Labute approximate surface area is 203 Å². The molecule has 1 heterocycles. The maximum atomic E-state index is 13.3. The van der Waals surface area contributed by atoms with Gasteiger partial charge in [0.15, 0.2) is 5.78 Å². The Balaban J connectivity index is 1.47. The van der Waals surface area contributed by atoms with E-state index in [0.717, 1.165) is 24.8 Å². The van der Waals surface area contributed by atoms with Gasteiger partial charge in [-0.15, -0.1) is 0 Å². The van der Waals surface area contributed by atoms with Crippen LogP contribution in [0, 0.1) is 40.4 Å². The van der Waals surface area contributed by atoms with Gasteiger partial charge in [-0.3, -0.25) is 4.79 Å². The van der Waals surface area contributed by atoms with Crippen LogP contribution in [0.2, 0.25) is 0 Å². The van der Waals surface area contributed by atoms with E-state index in [0.29, 0.717) is 19.3 Å². The van der Waals surface area contributed by atoms with Crippen molar-refractivity contribution < 1.29 is 30.0 Å². The van der Waals surface area contributed by atoms with Gasteiger partial charge in [0.2, 0.25) is 0 Å². The first-order chi connectivity index (χ1) is 15.6. The monoisotopic (exact) mass is 476 g/mol. The van der Waals surface area contributed by atoms with Gasteiger partial charge in [0.05, 0.1) is 35.6 Å². The first-order valence-corrected chi connectivity index (χ1v) is 13.4. The van der Waals surface area contributed by atoms with Gasteiger partial charge in [0, 0.05) is 23.7 Å². The molecule has 1 saturated heterocycles. The van der Waals surface area contributed by atoms with Crippen LogP contribution in [0.4, 0.5) is 0 Å². The summed E-state index contributed by atoms with van der Waals surface area (Å²) in [5, 5.41) is 44.2. The summed E-state index contributed by atoms with van der Waals surface area (Å²) in [6.45, 7) is 11.8. The molecule has 34 heavy (non-hydrogen) atoms. The molecule has 0 radical (unpaired) electrons. The SMILES string of the molecule is CC1C(C(O)C(C)C(C)(C)O)OC2CC3(O)C4=CC(=O)C5CC(O)CCC5(C)C4CCC3(C)C21. The zero-order valence-electron chi connectivity index (χ0n) is 21.6. The number of aliphatic hydroxyl groups is 4. The third-order valence-corrected chi connectivity index (χ3v) is 11.5. The molecule has 4 aliphatic carbocycles. The average molecular weight is 477 g/mol. The van der Waals surface area contributed by atoms with Crippen molar-refractivity contribution in [2.24, 2.45) is 40.4 Å². The van der Waals surface area contributed by atoms with Gasteiger partial charge in [-0.05, 0) is 80.8 Å². The summed E-state index contributed by atoms with van der Waals surface area (Å²) in [4.78, 5) is 13.3. The van der Waals surface area contributed by atoms with Gasteiger partial charge < -0.3 is 25.2 Å². The van der Waals surface area contributed by atoms with Crippen molar-refractivity contribution in [2.75, 3.05) is 0 Å². The predicted molar refractivity (Wildman–Crippen MR) is 128 cm³/mol. The summed E-state index contributed by atoms with van der Waals surface area (Å²) in [7, 11) is 0. The Morgan fingerprint density at radius 2 is 1.85 bits per heavy atom. The Morgan fingerprint density at radius 3 is 2.50 bits per heavy atom. The van der Waals surface area contributed by atoms with Crippen molar-refractivity contribution in [3.8, 4) is 0 Å². The average Bonchev–Trinajstić information content (AvgIpc) is 3.19. The number of hydrogen-bond acceptors (Lipinski definition) is 6. The molecule has 6 heteroatoms. The molecule has 0 spiro atoms. The van der Waals surface area contributed by atoms with Gasteiger partial charge in [0.1, 0.15) is 0 Å². The summed E-state index contributed by atoms with van der Waals surface area (Å²) < 4.78 is 6.48. The zero-order chi connectivity index (χ0) is 25.0. The highest BCUT2D eigenvalue weighted by Gasteiger charge is 2.71. The van der Waals surface area contributed by atoms with Crippen LogP contribution in [0.15, 0.2) is 11.6 Å². The number of ether oxygens (including phenoxy) is 1. The van der Waals surface area contributed by atoms with Gasteiger partial charge in [-0.2, -0.15) is 0 Å². The first-order valence-electron chi connectivity index (χ1n) is 13.4. The van der Waals surface area contributed by atoms with Crippen LogP contribution in [0.5, 0.6) is 0 Å². The molecule has 0 bridgehead atoms.